The lowest BCUT2D eigenvalue weighted by atomic mass is 10.1. The third kappa shape index (κ3) is 4.40. The van der Waals surface area contributed by atoms with Gasteiger partial charge in [-0.15, -0.1) is 5.73 Å². The Bertz CT molecular complexity index is 186. The van der Waals surface area contributed by atoms with Gasteiger partial charge in [-0.2, -0.15) is 0 Å². The highest BCUT2D eigenvalue weighted by Gasteiger charge is 2.03. The fourth-order valence-electron chi connectivity index (χ4n) is 0.769. The second-order valence-electron chi connectivity index (χ2n) is 2.32. The number of rotatable bonds is 4. The molecule has 0 rings (SSSR count). The van der Waals surface area contributed by atoms with E-state index in [2.05, 4.69) is 5.73 Å². The Labute approximate surface area is 67.2 Å². The van der Waals surface area contributed by atoms with E-state index in [9.17, 15) is 4.79 Å². The summed E-state index contributed by atoms with van der Waals surface area (Å²) in [6.45, 7) is 3.81. The highest BCUT2D eigenvalue weighted by molar-refractivity contribution is 5.86. The summed E-state index contributed by atoms with van der Waals surface area (Å²) >= 11 is 0. The van der Waals surface area contributed by atoms with Crippen LogP contribution in [0.15, 0.2) is 17.4 Å². The number of unbranched alkanes of at least 4 members (excludes halogenated alkanes) is 1. The third-order valence-corrected chi connectivity index (χ3v) is 1.36. The molecule has 0 radical (unpaired) electrons. The number of hydrogen-bond donors (Lipinski definition) is 1. The van der Waals surface area contributed by atoms with Crippen LogP contribution in [0.5, 0.6) is 0 Å². The largest absolute Gasteiger partial charge is 0.477 e. The van der Waals surface area contributed by atoms with Crippen LogP contribution < -0.4 is 0 Å². The molecule has 1 N–H and O–H groups in total. The zero-order valence-electron chi connectivity index (χ0n) is 7.05. The minimum Gasteiger partial charge on any atom is -0.477 e. The van der Waals surface area contributed by atoms with Crippen LogP contribution in [0.1, 0.15) is 33.1 Å². The second-order valence-corrected chi connectivity index (χ2v) is 2.32. The topological polar surface area (TPSA) is 37.3 Å². The molecule has 0 unspecified atom stereocenters. The Morgan fingerprint density at radius 2 is 2.27 bits per heavy atom. The zero-order valence-corrected chi connectivity index (χ0v) is 7.05. The first-order chi connectivity index (χ1) is 5.22. The molecular weight excluding hydrogens is 140 g/mol. The number of carbonyl (C=O) groups is 1. The van der Waals surface area contributed by atoms with Crippen molar-refractivity contribution in [1.82, 2.24) is 0 Å². The van der Waals surface area contributed by atoms with E-state index in [0.29, 0.717) is 12.0 Å². The van der Waals surface area contributed by atoms with E-state index in [4.69, 9.17) is 5.11 Å². The van der Waals surface area contributed by atoms with Crippen LogP contribution >= 0.6 is 0 Å². The van der Waals surface area contributed by atoms with E-state index in [1.54, 1.807) is 13.0 Å². The second kappa shape index (κ2) is 5.75. The van der Waals surface area contributed by atoms with Crippen molar-refractivity contribution in [2.75, 3.05) is 0 Å². The van der Waals surface area contributed by atoms with Gasteiger partial charge in [-0.3, -0.25) is 0 Å². The van der Waals surface area contributed by atoms with Crippen LogP contribution in [-0.4, -0.2) is 11.1 Å². The van der Waals surface area contributed by atoms with Gasteiger partial charge in [0, 0.05) is 0 Å². The Kier molecular flexibility index (Phi) is 5.22. The highest BCUT2D eigenvalue weighted by Crippen LogP contribution is 2.05. The summed E-state index contributed by atoms with van der Waals surface area (Å²) in [5.41, 5.74) is 3.09. The van der Waals surface area contributed by atoms with E-state index in [1.807, 2.05) is 6.92 Å². The number of carboxylic acid groups (broad SMARTS) is 1. The standard InChI is InChI=1S/C9H14O2/c1-3-5-7-8(6-4-2)9(10)11/h4H,3,5,7H2,1-2H3,(H,10,11). The van der Waals surface area contributed by atoms with Crippen LogP contribution in [0, 0.1) is 0 Å². The number of aliphatic carboxylic acids is 1. The normalized spacial score (nSPS) is 8.55. The highest BCUT2D eigenvalue weighted by atomic mass is 16.4. The maximum absolute atomic E-state index is 10.5. The quantitative estimate of drug-likeness (QED) is 0.498. The van der Waals surface area contributed by atoms with Crippen LogP contribution in [-0.2, 0) is 4.79 Å². The summed E-state index contributed by atoms with van der Waals surface area (Å²) < 4.78 is 0. The SMILES string of the molecule is CC=C=C(CCCC)C(=O)O. The molecule has 0 bridgehead atoms. The molecule has 11 heavy (non-hydrogen) atoms. The molecule has 0 aromatic rings. The van der Waals surface area contributed by atoms with Gasteiger partial charge in [0.25, 0.3) is 0 Å². The molecule has 0 saturated heterocycles. The van der Waals surface area contributed by atoms with Gasteiger partial charge in [-0.1, -0.05) is 13.3 Å². The van der Waals surface area contributed by atoms with Gasteiger partial charge in [0.1, 0.15) is 0 Å². The maximum atomic E-state index is 10.5. The molecule has 0 aliphatic carbocycles. The lowest BCUT2D eigenvalue weighted by molar-refractivity contribution is -0.132. The molecule has 0 aromatic heterocycles. The number of carboxylic acids is 1. The molecule has 0 aliphatic heterocycles. The van der Waals surface area contributed by atoms with E-state index >= 15 is 0 Å². The third-order valence-electron chi connectivity index (χ3n) is 1.36. The minimum absolute atomic E-state index is 0.384. The lowest BCUT2D eigenvalue weighted by Gasteiger charge is -1.95. The van der Waals surface area contributed by atoms with Crippen LogP contribution in [0.4, 0.5) is 0 Å². The van der Waals surface area contributed by atoms with Crippen molar-refractivity contribution in [1.29, 1.82) is 0 Å². The summed E-state index contributed by atoms with van der Waals surface area (Å²) in [6.07, 6.45) is 4.19. The summed E-state index contributed by atoms with van der Waals surface area (Å²) in [7, 11) is 0. The monoisotopic (exact) mass is 154 g/mol. The summed E-state index contributed by atoms with van der Waals surface area (Å²) in [4.78, 5) is 10.5. The fourth-order valence-corrected chi connectivity index (χ4v) is 0.769. The minimum atomic E-state index is -0.850. The Morgan fingerprint density at radius 1 is 1.64 bits per heavy atom. The van der Waals surface area contributed by atoms with E-state index in [1.165, 1.54) is 0 Å². The van der Waals surface area contributed by atoms with Gasteiger partial charge >= 0.3 is 5.97 Å². The van der Waals surface area contributed by atoms with Crippen molar-refractivity contribution in [2.45, 2.75) is 33.1 Å². The van der Waals surface area contributed by atoms with Crippen molar-refractivity contribution >= 4 is 5.97 Å². The fraction of sp³-hybridized carbons (Fsp3) is 0.556. The smallest absolute Gasteiger partial charge is 0.339 e. The van der Waals surface area contributed by atoms with Gasteiger partial charge in [-0.25, -0.2) is 4.79 Å². The molecule has 0 amide bonds. The summed E-state index contributed by atoms with van der Waals surface area (Å²) in [5.74, 6) is -0.850. The van der Waals surface area contributed by atoms with E-state index in [0.717, 1.165) is 12.8 Å². The van der Waals surface area contributed by atoms with E-state index < -0.39 is 5.97 Å². The first-order valence-corrected chi connectivity index (χ1v) is 3.85. The van der Waals surface area contributed by atoms with E-state index in [-0.39, 0.29) is 0 Å². The van der Waals surface area contributed by atoms with Gasteiger partial charge in [0.15, 0.2) is 0 Å². The van der Waals surface area contributed by atoms with Crippen molar-refractivity contribution < 1.29 is 9.90 Å². The van der Waals surface area contributed by atoms with Crippen molar-refractivity contribution in [3.05, 3.63) is 17.4 Å². The van der Waals surface area contributed by atoms with Gasteiger partial charge in [0.2, 0.25) is 0 Å². The molecule has 0 heterocycles. The van der Waals surface area contributed by atoms with Crippen molar-refractivity contribution in [3.63, 3.8) is 0 Å². The molecular formula is C9H14O2. The molecule has 0 spiro atoms. The number of hydrogen-bond acceptors (Lipinski definition) is 1. The Hall–Kier alpha value is -1.01. The van der Waals surface area contributed by atoms with Crippen LogP contribution in [0.2, 0.25) is 0 Å². The maximum Gasteiger partial charge on any atom is 0.339 e. The zero-order chi connectivity index (χ0) is 8.69. The molecule has 2 nitrogen and oxygen atoms in total. The molecule has 0 aromatic carbocycles. The summed E-state index contributed by atoms with van der Waals surface area (Å²) in [6, 6.07) is 0. The van der Waals surface area contributed by atoms with Gasteiger partial charge in [-0.05, 0) is 25.8 Å². The predicted molar refractivity (Wildman–Crippen MR) is 44.4 cm³/mol. The van der Waals surface area contributed by atoms with Crippen LogP contribution in [0.25, 0.3) is 0 Å². The first kappa shape index (κ1) is 9.99. The first-order valence-electron chi connectivity index (χ1n) is 3.85. The Balaban J connectivity index is 4.14. The predicted octanol–water partition coefficient (Wildman–Crippen LogP) is 2.36. The molecule has 0 aliphatic rings. The Morgan fingerprint density at radius 3 is 2.64 bits per heavy atom. The van der Waals surface area contributed by atoms with Crippen molar-refractivity contribution in [2.24, 2.45) is 0 Å². The molecule has 62 valence electrons. The summed E-state index contributed by atoms with van der Waals surface area (Å²) in [5, 5.41) is 8.61. The molecule has 0 saturated carbocycles. The molecule has 2 heteroatoms. The van der Waals surface area contributed by atoms with Gasteiger partial charge < -0.3 is 5.11 Å². The molecule has 0 atom stereocenters. The molecule has 0 fully saturated rings. The van der Waals surface area contributed by atoms with Gasteiger partial charge in [0.05, 0.1) is 5.57 Å². The van der Waals surface area contributed by atoms with Crippen LogP contribution in [0.3, 0.4) is 0 Å². The average Bonchev–Trinajstić information content (AvgIpc) is 1.97. The van der Waals surface area contributed by atoms with Crippen molar-refractivity contribution in [3.8, 4) is 0 Å². The lowest BCUT2D eigenvalue weighted by Crippen LogP contribution is -1.98. The average molecular weight is 154 g/mol.